The number of hydrogen-bond donors (Lipinski definition) is 0. The second-order valence-corrected chi connectivity index (χ2v) is 7.04. The van der Waals surface area contributed by atoms with Crippen molar-refractivity contribution in [3.05, 3.63) is 53.6 Å². The molecule has 24 heavy (non-hydrogen) atoms. The number of ether oxygens (including phenoxy) is 2. The van der Waals surface area contributed by atoms with Crippen LogP contribution in [0.2, 0.25) is 0 Å². The average molecular weight is 355 g/mol. The van der Waals surface area contributed by atoms with Gasteiger partial charge in [-0.15, -0.1) is 0 Å². The van der Waals surface area contributed by atoms with E-state index in [1.165, 1.54) is 0 Å². The maximum Gasteiger partial charge on any atom is 0.249 e. The lowest BCUT2D eigenvalue weighted by atomic mass is 10.2. The summed E-state index contributed by atoms with van der Waals surface area (Å²) in [6.07, 6.45) is 0. The molecule has 0 bridgehead atoms. The highest BCUT2D eigenvalue weighted by Crippen LogP contribution is 2.33. The highest BCUT2D eigenvalue weighted by Gasteiger charge is 2.30. The van der Waals surface area contributed by atoms with Gasteiger partial charge >= 0.3 is 0 Å². The van der Waals surface area contributed by atoms with E-state index in [0.717, 1.165) is 22.5 Å². The van der Waals surface area contributed by atoms with Gasteiger partial charge in [0.2, 0.25) is 16.8 Å². The molecule has 0 N–H and O–H groups in total. The fourth-order valence-corrected chi connectivity index (χ4v) is 4.01. The summed E-state index contributed by atoms with van der Waals surface area (Å²) in [7, 11) is -4.31. The van der Waals surface area contributed by atoms with Gasteiger partial charge in [-0.05, 0) is 29.8 Å². The lowest BCUT2D eigenvalue weighted by Gasteiger charge is -2.21. The third-order valence-corrected chi connectivity index (χ3v) is 5.64. The fourth-order valence-electron chi connectivity index (χ4n) is 2.47. The van der Waals surface area contributed by atoms with Crippen LogP contribution < -0.4 is 9.47 Å². The third kappa shape index (κ3) is 2.94. The molecule has 5 nitrogen and oxygen atoms in total. The molecule has 128 valence electrons. The molecule has 0 spiro atoms. The Morgan fingerprint density at radius 3 is 2.42 bits per heavy atom. The standard InChI is InChI=1S/C16H15F2NO4S/c1-2-19(9-11-6-7-14-15(8-11)23-10-22-14)24(20,21)16-12(17)4-3-5-13(16)18/h3-8H,2,9-10H2,1H3. The van der Waals surface area contributed by atoms with Gasteiger partial charge in [-0.3, -0.25) is 0 Å². The first-order valence-electron chi connectivity index (χ1n) is 7.26. The average Bonchev–Trinajstić information content (AvgIpc) is 2.99. The smallest absolute Gasteiger partial charge is 0.249 e. The van der Waals surface area contributed by atoms with Gasteiger partial charge < -0.3 is 9.47 Å². The Bertz CT molecular complexity index is 850. The van der Waals surface area contributed by atoms with Crippen LogP contribution >= 0.6 is 0 Å². The number of nitrogens with zero attached hydrogens (tertiary/aromatic N) is 1. The second-order valence-electron chi connectivity index (χ2n) is 5.17. The Morgan fingerprint density at radius 2 is 1.75 bits per heavy atom. The highest BCUT2D eigenvalue weighted by atomic mass is 32.2. The first kappa shape index (κ1) is 16.7. The zero-order valence-corrected chi connectivity index (χ0v) is 13.6. The predicted octanol–water partition coefficient (Wildman–Crippen LogP) is 2.90. The number of hydrogen-bond acceptors (Lipinski definition) is 4. The van der Waals surface area contributed by atoms with E-state index in [4.69, 9.17) is 9.47 Å². The van der Waals surface area contributed by atoms with Crippen LogP contribution in [0.15, 0.2) is 41.3 Å². The molecule has 2 aromatic rings. The quantitative estimate of drug-likeness (QED) is 0.828. The molecule has 8 heteroatoms. The summed E-state index contributed by atoms with van der Waals surface area (Å²) >= 11 is 0. The van der Waals surface area contributed by atoms with Gasteiger partial charge in [0.05, 0.1) is 0 Å². The van der Waals surface area contributed by atoms with Crippen molar-refractivity contribution in [2.75, 3.05) is 13.3 Å². The van der Waals surface area contributed by atoms with E-state index >= 15 is 0 Å². The van der Waals surface area contributed by atoms with E-state index in [9.17, 15) is 17.2 Å². The normalized spacial score (nSPS) is 13.5. The lowest BCUT2D eigenvalue weighted by molar-refractivity contribution is 0.174. The van der Waals surface area contributed by atoms with E-state index in [0.29, 0.717) is 17.1 Å². The van der Waals surface area contributed by atoms with Crippen LogP contribution in [0, 0.1) is 11.6 Å². The summed E-state index contributed by atoms with van der Waals surface area (Å²) in [5, 5.41) is 0. The van der Waals surface area contributed by atoms with Gasteiger partial charge in [0, 0.05) is 13.1 Å². The van der Waals surface area contributed by atoms with Gasteiger partial charge in [-0.25, -0.2) is 17.2 Å². The summed E-state index contributed by atoms with van der Waals surface area (Å²) in [5.41, 5.74) is 0.626. The van der Waals surface area contributed by atoms with Gasteiger partial charge in [-0.2, -0.15) is 4.31 Å². The van der Waals surface area contributed by atoms with Crippen molar-refractivity contribution in [1.82, 2.24) is 4.31 Å². The molecule has 0 aromatic heterocycles. The van der Waals surface area contributed by atoms with Crippen LogP contribution in [0.25, 0.3) is 0 Å². The number of sulfonamides is 1. The van der Waals surface area contributed by atoms with Gasteiger partial charge in [-0.1, -0.05) is 19.1 Å². The van der Waals surface area contributed by atoms with Crippen LogP contribution in [-0.4, -0.2) is 26.1 Å². The zero-order valence-electron chi connectivity index (χ0n) is 12.8. The van der Waals surface area contributed by atoms with Crippen LogP contribution in [0.1, 0.15) is 12.5 Å². The van der Waals surface area contributed by atoms with E-state index in [1.807, 2.05) is 0 Å². The molecule has 0 aliphatic carbocycles. The summed E-state index contributed by atoms with van der Waals surface area (Å²) in [6.45, 7) is 1.73. The minimum absolute atomic E-state index is 0.0384. The summed E-state index contributed by atoms with van der Waals surface area (Å²) in [5.74, 6) is -1.14. The monoisotopic (exact) mass is 355 g/mol. The molecule has 1 aliphatic heterocycles. The lowest BCUT2D eigenvalue weighted by Crippen LogP contribution is -2.31. The number of halogens is 2. The topological polar surface area (TPSA) is 55.8 Å². The number of rotatable bonds is 5. The Morgan fingerprint density at radius 1 is 1.08 bits per heavy atom. The van der Waals surface area contributed by atoms with Gasteiger partial charge in [0.1, 0.15) is 11.6 Å². The number of fused-ring (bicyclic) bond motifs is 1. The van der Waals surface area contributed by atoms with Crippen molar-refractivity contribution in [3.63, 3.8) is 0 Å². The van der Waals surface area contributed by atoms with E-state index < -0.39 is 26.6 Å². The van der Waals surface area contributed by atoms with E-state index in [2.05, 4.69) is 0 Å². The van der Waals surface area contributed by atoms with Crippen LogP contribution in [0.5, 0.6) is 11.5 Å². The van der Waals surface area contributed by atoms with Crippen molar-refractivity contribution in [2.45, 2.75) is 18.4 Å². The Hall–Kier alpha value is -2.19. The van der Waals surface area contributed by atoms with Crippen LogP contribution in [-0.2, 0) is 16.6 Å². The molecule has 0 unspecified atom stereocenters. The molecule has 0 saturated heterocycles. The van der Waals surface area contributed by atoms with E-state index in [1.54, 1.807) is 25.1 Å². The molecule has 2 aromatic carbocycles. The maximum atomic E-state index is 13.9. The van der Waals surface area contributed by atoms with Crippen molar-refractivity contribution in [3.8, 4) is 11.5 Å². The number of benzene rings is 2. The van der Waals surface area contributed by atoms with E-state index in [-0.39, 0.29) is 19.9 Å². The summed E-state index contributed by atoms with van der Waals surface area (Å²) in [6, 6.07) is 7.97. The molecule has 0 saturated carbocycles. The van der Waals surface area contributed by atoms with Crippen molar-refractivity contribution < 1.29 is 26.7 Å². The van der Waals surface area contributed by atoms with Crippen molar-refractivity contribution in [2.24, 2.45) is 0 Å². The van der Waals surface area contributed by atoms with Crippen LogP contribution in [0.3, 0.4) is 0 Å². The molecular weight excluding hydrogens is 340 g/mol. The van der Waals surface area contributed by atoms with Crippen molar-refractivity contribution in [1.29, 1.82) is 0 Å². The zero-order chi connectivity index (χ0) is 17.3. The first-order valence-corrected chi connectivity index (χ1v) is 8.70. The molecular formula is C16H15F2NO4S. The molecule has 1 heterocycles. The third-order valence-electron chi connectivity index (χ3n) is 3.67. The molecule has 3 rings (SSSR count). The van der Waals surface area contributed by atoms with Crippen molar-refractivity contribution >= 4 is 10.0 Å². The fraction of sp³-hybridized carbons (Fsp3) is 0.250. The largest absolute Gasteiger partial charge is 0.454 e. The predicted molar refractivity (Wildman–Crippen MR) is 82.2 cm³/mol. The minimum Gasteiger partial charge on any atom is -0.454 e. The minimum atomic E-state index is -4.31. The Balaban J connectivity index is 1.93. The Labute approximate surface area is 138 Å². The molecule has 1 aliphatic rings. The van der Waals surface area contributed by atoms with Gasteiger partial charge in [0.15, 0.2) is 16.4 Å². The molecule has 0 atom stereocenters. The molecule has 0 radical (unpaired) electrons. The molecule has 0 fully saturated rings. The first-order chi connectivity index (χ1) is 11.4. The Kier molecular flexibility index (Phi) is 4.42. The van der Waals surface area contributed by atoms with Gasteiger partial charge in [0.25, 0.3) is 0 Å². The highest BCUT2D eigenvalue weighted by molar-refractivity contribution is 7.89. The SMILES string of the molecule is CCN(Cc1ccc2c(c1)OCO2)S(=O)(=O)c1c(F)cccc1F. The molecule has 0 amide bonds. The summed E-state index contributed by atoms with van der Waals surface area (Å²) < 4.78 is 64.5. The maximum absolute atomic E-state index is 13.9. The summed E-state index contributed by atoms with van der Waals surface area (Å²) in [4.78, 5) is -0.937. The second kappa shape index (κ2) is 6.37. The van der Waals surface area contributed by atoms with Crippen LogP contribution in [0.4, 0.5) is 8.78 Å².